The zero-order valence-electron chi connectivity index (χ0n) is 12.4. The van der Waals surface area contributed by atoms with Gasteiger partial charge in [-0.1, -0.05) is 41.4 Å². The van der Waals surface area contributed by atoms with Gasteiger partial charge in [-0.3, -0.25) is 0 Å². The summed E-state index contributed by atoms with van der Waals surface area (Å²) < 4.78 is 27.4. The monoisotopic (exact) mass is 335 g/mol. The Morgan fingerprint density at radius 3 is 2.55 bits per heavy atom. The third kappa shape index (κ3) is 2.91. The number of hydrogen-bond donors (Lipinski definition) is 0. The number of halogens is 1. The topological polar surface area (TPSA) is 37.4 Å². The van der Waals surface area contributed by atoms with Gasteiger partial charge in [0.15, 0.2) is 0 Å². The molecule has 116 valence electrons. The number of nitrogens with zero attached hydrogens (tertiary/aromatic N) is 1. The maximum atomic E-state index is 12.9. The Morgan fingerprint density at radius 2 is 1.86 bits per heavy atom. The van der Waals surface area contributed by atoms with Crippen molar-refractivity contribution in [2.24, 2.45) is 0 Å². The number of benzene rings is 2. The molecule has 2 aromatic rings. The first-order chi connectivity index (χ1) is 10.5. The largest absolute Gasteiger partial charge is 0.243 e. The third-order valence-corrected chi connectivity index (χ3v) is 6.23. The van der Waals surface area contributed by atoms with Crippen molar-refractivity contribution in [3.8, 4) is 0 Å². The maximum Gasteiger partial charge on any atom is 0.243 e. The summed E-state index contributed by atoms with van der Waals surface area (Å²) in [6, 6.07) is 14.4. The fourth-order valence-electron chi connectivity index (χ4n) is 2.98. The van der Waals surface area contributed by atoms with E-state index in [1.807, 2.05) is 25.1 Å². The molecular formula is C17H18ClNO2S. The molecule has 0 unspecified atom stereocenters. The van der Waals surface area contributed by atoms with Crippen LogP contribution in [-0.4, -0.2) is 19.3 Å². The molecule has 0 bridgehead atoms. The molecule has 1 atom stereocenters. The Labute approximate surface area is 136 Å². The van der Waals surface area contributed by atoms with E-state index < -0.39 is 10.0 Å². The number of hydrogen-bond acceptors (Lipinski definition) is 2. The van der Waals surface area contributed by atoms with Crippen molar-refractivity contribution in [1.82, 2.24) is 4.31 Å². The molecule has 0 spiro atoms. The number of aryl methyl sites for hydroxylation is 1. The van der Waals surface area contributed by atoms with E-state index in [9.17, 15) is 8.42 Å². The average Bonchev–Trinajstić information content (AvgIpc) is 2.98. The van der Waals surface area contributed by atoms with E-state index in [2.05, 4.69) is 6.07 Å². The number of sulfonamides is 1. The quantitative estimate of drug-likeness (QED) is 0.844. The normalized spacial score (nSPS) is 19.5. The van der Waals surface area contributed by atoms with Gasteiger partial charge in [0.2, 0.25) is 10.0 Å². The molecule has 3 nitrogen and oxygen atoms in total. The van der Waals surface area contributed by atoms with Crippen LogP contribution in [0.4, 0.5) is 0 Å². The van der Waals surface area contributed by atoms with E-state index in [0.717, 1.165) is 24.0 Å². The smallest absolute Gasteiger partial charge is 0.207 e. The van der Waals surface area contributed by atoms with E-state index in [1.54, 1.807) is 28.6 Å². The fourth-order valence-corrected chi connectivity index (χ4v) is 4.79. The first-order valence-electron chi connectivity index (χ1n) is 7.32. The summed E-state index contributed by atoms with van der Waals surface area (Å²) >= 11 is 5.85. The van der Waals surface area contributed by atoms with E-state index in [0.29, 0.717) is 16.5 Å². The van der Waals surface area contributed by atoms with Gasteiger partial charge in [-0.25, -0.2) is 8.42 Å². The Balaban J connectivity index is 1.97. The summed E-state index contributed by atoms with van der Waals surface area (Å²) in [6.45, 7) is 2.58. The summed E-state index contributed by atoms with van der Waals surface area (Å²) in [6.07, 6.45) is 1.74. The molecule has 0 amide bonds. The SMILES string of the molecule is Cc1cccc([C@H]2CCCN2S(=O)(=O)c2ccc(Cl)cc2)c1. The third-order valence-electron chi connectivity index (χ3n) is 4.05. The lowest BCUT2D eigenvalue weighted by Crippen LogP contribution is -2.30. The second-order valence-corrected chi connectivity index (χ2v) is 7.97. The van der Waals surface area contributed by atoms with Gasteiger partial charge in [0.1, 0.15) is 0 Å². The summed E-state index contributed by atoms with van der Waals surface area (Å²) in [5.41, 5.74) is 2.21. The predicted molar refractivity (Wildman–Crippen MR) is 88.5 cm³/mol. The zero-order chi connectivity index (χ0) is 15.7. The van der Waals surface area contributed by atoms with Gasteiger partial charge in [-0.15, -0.1) is 0 Å². The summed E-state index contributed by atoms with van der Waals surface area (Å²) in [5.74, 6) is 0. The van der Waals surface area contributed by atoms with Gasteiger partial charge in [0, 0.05) is 11.6 Å². The van der Waals surface area contributed by atoms with Crippen LogP contribution in [0, 0.1) is 6.92 Å². The highest BCUT2D eigenvalue weighted by atomic mass is 35.5. The second-order valence-electron chi connectivity index (χ2n) is 5.64. The molecule has 1 fully saturated rings. The van der Waals surface area contributed by atoms with Gasteiger partial charge in [-0.2, -0.15) is 4.31 Å². The van der Waals surface area contributed by atoms with Crippen LogP contribution in [0.25, 0.3) is 0 Å². The Kier molecular flexibility index (Phi) is 4.26. The molecule has 1 saturated heterocycles. The minimum absolute atomic E-state index is 0.0828. The van der Waals surface area contributed by atoms with Crippen LogP contribution >= 0.6 is 11.6 Å². The van der Waals surface area contributed by atoms with E-state index in [4.69, 9.17) is 11.6 Å². The molecule has 1 aliphatic heterocycles. The first kappa shape index (κ1) is 15.5. The van der Waals surface area contributed by atoms with Crippen LogP contribution in [0.2, 0.25) is 5.02 Å². The molecule has 0 aliphatic carbocycles. The van der Waals surface area contributed by atoms with Crippen LogP contribution in [-0.2, 0) is 10.0 Å². The molecule has 3 rings (SSSR count). The van der Waals surface area contributed by atoms with Crippen LogP contribution < -0.4 is 0 Å². The average molecular weight is 336 g/mol. The molecule has 1 heterocycles. The van der Waals surface area contributed by atoms with E-state index >= 15 is 0 Å². The fraction of sp³-hybridized carbons (Fsp3) is 0.294. The van der Waals surface area contributed by atoms with Gasteiger partial charge >= 0.3 is 0 Å². The highest BCUT2D eigenvalue weighted by Gasteiger charge is 2.36. The Hall–Kier alpha value is -1.36. The lowest BCUT2D eigenvalue weighted by molar-refractivity contribution is 0.396. The molecule has 2 aromatic carbocycles. The Morgan fingerprint density at radius 1 is 1.14 bits per heavy atom. The molecule has 22 heavy (non-hydrogen) atoms. The summed E-state index contributed by atoms with van der Waals surface area (Å²) in [5, 5.41) is 0.538. The minimum Gasteiger partial charge on any atom is -0.207 e. The van der Waals surface area contributed by atoms with Crippen molar-refractivity contribution in [2.45, 2.75) is 30.7 Å². The minimum atomic E-state index is -3.49. The standard InChI is InChI=1S/C17H18ClNO2S/c1-13-4-2-5-14(12-13)17-6-3-11-19(17)22(20,21)16-9-7-15(18)8-10-16/h2,4-5,7-10,12,17H,3,6,11H2,1H3/t17-/m1/s1. The van der Waals surface area contributed by atoms with E-state index in [1.165, 1.54) is 0 Å². The van der Waals surface area contributed by atoms with Gasteiger partial charge in [0.25, 0.3) is 0 Å². The van der Waals surface area contributed by atoms with Crippen molar-refractivity contribution < 1.29 is 8.42 Å². The van der Waals surface area contributed by atoms with Crippen molar-refractivity contribution in [3.63, 3.8) is 0 Å². The highest BCUT2D eigenvalue weighted by molar-refractivity contribution is 7.89. The molecule has 1 aliphatic rings. The van der Waals surface area contributed by atoms with Crippen molar-refractivity contribution in [2.75, 3.05) is 6.54 Å². The zero-order valence-corrected chi connectivity index (χ0v) is 13.9. The highest BCUT2D eigenvalue weighted by Crippen LogP contribution is 2.36. The predicted octanol–water partition coefficient (Wildman–Crippen LogP) is 4.17. The van der Waals surface area contributed by atoms with Gasteiger partial charge in [-0.05, 0) is 49.6 Å². The lowest BCUT2D eigenvalue weighted by atomic mass is 10.0. The first-order valence-corrected chi connectivity index (χ1v) is 9.14. The maximum absolute atomic E-state index is 12.9. The Bertz CT molecular complexity index is 772. The van der Waals surface area contributed by atoms with Crippen molar-refractivity contribution in [3.05, 3.63) is 64.7 Å². The number of rotatable bonds is 3. The van der Waals surface area contributed by atoms with Crippen molar-refractivity contribution in [1.29, 1.82) is 0 Å². The van der Waals surface area contributed by atoms with Gasteiger partial charge in [0.05, 0.1) is 10.9 Å². The second kappa shape index (κ2) is 6.03. The van der Waals surface area contributed by atoms with Crippen molar-refractivity contribution >= 4 is 21.6 Å². The summed E-state index contributed by atoms with van der Waals surface area (Å²) in [4.78, 5) is 0.302. The van der Waals surface area contributed by atoms with Gasteiger partial charge < -0.3 is 0 Å². The summed E-state index contributed by atoms with van der Waals surface area (Å²) in [7, 11) is -3.49. The molecule has 0 N–H and O–H groups in total. The van der Waals surface area contributed by atoms with Crippen LogP contribution in [0.1, 0.15) is 30.0 Å². The van der Waals surface area contributed by atoms with Crippen LogP contribution in [0.3, 0.4) is 0 Å². The molecule has 0 radical (unpaired) electrons. The molecule has 0 saturated carbocycles. The van der Waals surface area contributed by atoms with Crippen LogP contribution in [0.15, 0.2) is 53.4 Å². The molecular weight excluding hydrogens is 318 g/mol. The van der Waals surface area contributed by atoms with E-state index in [-0.39, 0.29) is 6.04 Å². The molecule has 0 aromatic heterocycles. The molecule has 5 heteroatoms. The van der Waals surface area contributed by atoms with Crippen LogP contribution in [0.5, 0.6) is 0 Å². The lowest BCUT2D eigenvalue weighted by Gasteiger charge is -2.24.